The molecule has 0 saturated carbocycles. The molecule has 1 N–H and O–H groups in total. The number of benzene rings is 2. The number of amides is 1. The lowest BCUT2D eigenvalue weighted by Gasteiger charge is -2.16. The first-order chi connectivity index (χ1) is 9.50. The molecule has 1 atom stereocenters. The Morgan fingerprint density at radius 3 is 2.40 bits per heavy atom. The largest absolute Gasteiger partial charge is 0.345 e. The van der Waals surface area contributed by atoms with Crippen molar-refractivity contribution in [1.82, 2.24) is 5.32 Å². The fourth-order valence-electron chi connectivity index (χ4n) is 1.89. The van der Waals surface area contributed by atoms with Gasteiger partial charge in [-0.15, -0.1) is 0 Å². The predicted molar refractivity (Wildman–Crippen MR) is 84.1 cm³/mol. The highest BCUT2D eigenvalue weighted by Gasteiger charge is 2.18. The van der Waals surface area contributed by atoms with Crippen LogP contribution in [-0.2, 0) is 0 Å². The van der Waals surface area contributed by atoms with E-state index < -0.39 is 11.7 Å². The lowest BCUT2D eigenvalue weighted by atomic mass is 10.1. The smallest absolute Gasteiger partial charge is 0.255 e. The molecule has 2 aromatic rings. The van der Waals surface area contributed by atoms with Gasteiger partial charge in [-0.3, -0.25) is 4.79 Å². The van der Waals surface area contributed by atoms with Crippen LogP contribution in [0.15, 0.2) is 51.4 Å². The summed E-state index contributed by atoms with van der Waals surface area (Å²) in [4.78, 5) is 12.2. The van der Waals surface area contributed by atoms with Crippen molar-refractivity contribution in [2.45, 2.75) is 13.0 Å². The van der Waals surface area contributed by atoms with E-state index in [0.717, 1.165) is 10.0 Å². The molecule has 0 saturated heterocycles. The van der Waals surface area contributed by atoms with Crippen LogP contribution in [0.4, 0.5) is 4.39 Å². The van der Waals surface area contributed by atoms with Crippen molar-refractivity contribution in [2.24, 2.45) is 0 Å². The van der Waals surface area contributed by atoms with Gasteiger partial charge in [-0.25, -0.2) is 4.39 Å². The Labute approximate surface area is 133 Å². The maximum atomic E-state index is 13.7. The van der Waals surface area contributed by atoms with E-state index in [-0.39, 0.29) is 11.6 Å². The van der Waals surface area contributed by atoms with E-state index in [1.54, 1.807) is 12.1 Å². The second-order valence-electron chi connectivity index (χ2n) is 4.31. The summed E-state index contributed by atoms with van der Waals surface area (Å²) < 4.78 is 15.1. The van der Waals surface area contributed by atoms with Crippen molar-refractivity contribution in [2.75, 3.05) is 0 Å². The SMILES string of the molecule is CC(NC(=O)c1c(F)cccc1Br)c1ccccc1Br. The zero-order chi connectivity index (χ0) is 14.7. The molecule has 0 aliphatic carbocycles. The molecule has 20 heavy (non-hydrogen) atoms. The standard InChI is InChI=1S/C15H12Br2FNO/c1-9(10-5-2-3-6-11(10)16)19-15(20)14-12(17)7-4-8-13(14)18/h2-9H,1H3,(H,19,20). The van der Waals surface area contributed by atoms with Crippen LogP contribution < -0.4 is 5.32 Å². The zero-order valence-electron chi connectivity index (χ0n) is 10.7. The zero-order valence-corrected chi connectivity index (χ0v) is 13.8. The molecule has 0 bridgehead atoms. The molecule has 1 unspecified atom stereocenters. The van der Waals surface area contributed by atoms with Crippen LogP contribution in [-0.4, -0.2) is 5.91 Å². The van der Waals surface area contributed by atoms with E-state index in [2.05, 4.69) is 37.2 Å². The third-order valence-corrected chi connectivity index (χ3v) is 4.29. The van der Waals surface area contributed by atoms with Crippen molar-refractivity contribution < 1.29 is 9.18 Å². The third kappa shape index (κ3) is 3.27. The average molecular weight is 401 g/mol. The van der Waals surface area contributed by atoms with E-state index >= 15 is 0 Å². The molecular formula is C15H12Br2FNO. The van der Waals surface area contributed by atoms with Crippen LogP contribution in [0.1, 0.15) is 28.9 Å². The molecule has 0 aliphatic rings. The second kappa shape index (κ2) is 6.50. The third-order valence-electron chi connectivity index (χ3n) is 2.91. The van der Waals surface area contributed by atoms with E-state index in [1.807, 2.05) is 31.2 Å². The molecule has 0 heterocycles. The molecule has 2 aromatic carbocycles. The minimum atomic E-state index is -0.545. The Kier molecular flexibility index (Phi) is 4.94. The van der Waals surface area contributed by atoms with Gasteiger partial charge in [0.15, 0.2) is 0 Å². The summed E-state index contributed by atoms with van der Waals surface area (Å²) in [6.45, 7) is 1.85. The summed E-state index contributed by atoms with van der Waals surface area (Å²) >= 11 is 6.64. The number of rotatable bonds is 3. The monoisotopic (exact) mass is 399 g/mol. The number of carbonyl (C=O) groups is 1. The lowest BCUT2D eigenvalue weighted by Crippen LogP contribution is -2.28. The van der Waals surface area contributed by atoms with Gasteiger partial charge in [0.05, 0.1) is 11.6 Å². The molecule has 0 aromatic heterocycles. The molecule has 1 amide bonds. The van der Waals surface area contributed by atoms with Gasteiger partial charge in [0.1, 0.15) is 5.82 Å². The summed E-state index contributed by atoms with van der Waals surface area (Å²) in [5, 5.41) is 2.80. The first-order valence-corrected chi connectivity index (χ1v) is 7.58. The van der Waals surface area contributed by atoms with Crippen LogP contribution in [0.5, 0.6) is 0 Å². The lowest BCUT2D eigenvalue weighted by molar-refractivity contribution is 0.0935. The van der Waals surface area contributed by atoms with Gasteiger partial charge in [-0.2, -0.15) is 0 Å². The number of halogens is 3. The molecule has 5 heteroatoms. The molecule has 104 valence electrons. The van der Waals surface area contributed by atoms with Crippen LogP contribution >= 0.6 is 31.9 Å². The van der Waals surface area contributed by atoms with Gasteiger partial charge < -0.3 is 5.32 Å². The Hall–Kier alpha value is -1.20. The predicted octanol–water partition coefficient (Wildman–Crippen LogP) is 4.84. The fraction of sp³-hybridized carbons (Fsp3) is 0.133. The maximum Gasteiger partial charge on any atom is 0.255 e. The van der Waals surface area contributed by atoms with Gasteiger partial charge in [-0.1, -0.05) is 40.2 Å². The van der Waals surface area contributed by atoms with Crippen LogP contribution in [0.3, 0.4) is 0 Å². The molecule has 0 spiro atoms. The first kappa shape index (κ1) is 15.2. The van der Waals surface area contributed by atoms with Crippen molar-refractivity contribution in [3.8, 4) is 0 Å². The summed E-state index contributed by atoms with van der Waals surface area (Å²) in [7, 11) is 0. The number of carbonyl (C=O) groups excluding carboxylic acids is 1. The normalized spacial score (nSPS) is 12.0. The molecule has 0 aliphatic heterocycles. The van der Waals surface area contributed by atoms with Gasteiger partial charge >= 0.3 is 0 Å². The fourth-order valence-corrected chi connectivity index (χ4v) is 3.04. The summed E-state index contributed by atoms with van der Waals surface area (Å²) in [5.41, 5.74) is 0.958. The van der Waals surface area contributed by atoms with Crippen LogP contribution in [0, 0.1) is 5.82 Å². The van der Waals surface area contributed by atoms with Crippen molar-refractivity contribution in [3.63, 3.8) is 0 Å². The van der Waals surface area contributed by atoms with Crippen molar-refractivity contribution in [1.29, 1.82) is 0 Å². The molecule has 2 nitrogen and oxygen atoms in total. The second-order valence-corrected chi connectivity index (χ2v) is 6.02. The minimum Gasteiger partial charge on any atom is -0.345 e. The Morgan fingerprint density at radius 1 is 1.10 bits per heavy atom. The first-order valence-electron chi connectivity index (χ1n) is 6.00. The summed E-state index contributed by atoms with van der Waals surface area (Å²) in [6.07, 6.45) is 0. The van der Waals surface area contributed by atoms with Crippen molar-refractivity contribution in [3.05, 3.63) is 68.4 Å². The van der Waals surface area contributed by atoms with E-state index in [0.29, 0.717) is 4.47 Å². The summed E-state index contributed by atoms with van der Waals surface area (Å²) in [6, 6.07) is 11.8. The highest BCUT2D eigenvalue weighted by molar-refractivity contribution is 9.10. The van der Waals surface area contributed by atoms with Gasteiger partial charge in [-0.05, 0) is 46.6 Å². The number of nitrogens with one attached hydrogen (secondary N) is 1. The van der Waals surface area contributed by atoms with E-state index in [4.69, 9.17) is 0 Å². The van der Waals surface area contributed by atoms with Crippen molar-refractivity contribution >= 4 is 37.8 Å². The number of hydrogen-bond acceptors (Lipinski definition) is 1. The van der Waals surface area contributed by atoms with Gasteiger partial charge in [0.2, 0.25) is 0 Å². The van der Waals surface area contributed by atoms with E-state index in [9.17, 15) is 9.18 Å². The number of hydrogen-bond donors (Lipinski definition) is 1. The molecule has 0 radical (unpaired) electrons. The van der Waals surface area contributed by atoms with Crippen LogP contribution in [0.2, 0.25) is 0 Å². The highest BCUT2D eigenvalue weighted by atomic mass is 79.9. The average Bonchev–Trinajstić information content (AvgIpc) is 2.38. The topological polar surface area (TPSA) is 29.1 Å². The Bertz CT molecular complexity index is 625. The molecule has 0 fully saturated rings. The summed E-state index contributed by atoms with van der Waals surface area (Å²) in [5.74, 6) is -0.991. The Morgan fingerprint density at radius 2 is 1.75 bits per heavy atom. The Balaban J connectivity index is 2.22. The molecule has 2 rings (SSSR count). The highest BCUT2D eigenvalue weighted by Crippen LogP contribution is 2.24. The maximum absolute atomic E-state index is 13.7. The van der Waals surface area contributed by atoms with E-state index in [1.165, 1.54) is 6.07 Å². The van der Waals surface area contributed by atoms with Gasteiger partial charge in [0, 0.05) is 8.95 Å². The quantitative estimate of drug-likeness (QED) is 0.784. The minimum absolute atomic E-state index is 0.0198. The van der Waals surface area contributed by atoms with Gasteiger partial charge in [0.25, 0.3) is 5.91 Å². The molecular weight excluding hydrogens is 389 g/mol. The van der Waals surface area contributed by atoms with Crippen LogP contribution in [0.25, 0.3) is 0 Å².